The second-order valence-electron chi connectivity index (χ2n) is 7.73. The Hall–Kier alpha value is -3.36. The molecule has 1 aliphatic heterocycles. The summed E-state index contributed by atoms with van der Waals surface area (Å²) in [5.74, 6) is 0.893. The van der Waals surface area contributed by atoms with E-state index in [-0.39, 0.29) is 6.10 Å². The molecule has 0 saturated carbocycles. The van der Waals surface area contributed by atoms with E-state index >= 15 is 0 Å². The first-order valence-electron chi connectivity index (χ1n) is 10.4. The van der Waals surface area contributed by atoms with Gasteiger partial charge >= 0.3 is 0 Å². The lowest BCUT2D eigenvalue weighted by molar-refractivity contribution is 0.263. The van der Waals surface area contributed by atoms with Gasteiger partial charge < -0.3 is 9.47 Å². The molecule has 1 fully saturated rings. The highest BCUT2D eigenvalue weighted by atomic mass is 16.6. The van der Waals surface area contributed by atoms with Crippen LogP contribution in [0.1, 0.15) is 11.1 Å². The molecule has 0 spiro atoms. The van der Waals surface area contributed by atoms with Crippen LogP contribution in [0, 0.1) is 0 Å². The molecule has 2 heteroatoms. The van der Waals surface area contributed by atoms with Gasteiger partial charge in [-0.25, -0.2) is 0 Å². The summed E-state index contributed by atoms with van der Waals surface area (Å²) in [5.41, 5.74) is 7.57. The van der Waals surface area contributed by atoms with Crippen molar-refractivity contribution in [3.8, 4) is 28.0 Å². The van der Waals surface area contributed by atoms with Crippen molar-refractivity contribution in [1.82, 2.24) is 0 Å². The Labute approximate surface area is 177 Å². The van der Waals surface area contributed by atoms with Crippen LogP contribution >= 0.6 is 0 Å². The van der Waals surface area contributed by atoms with Gasteiger partial charge in [-0.3, -0.25) is 0 Å². The lowest BCUT2D eigenvalue weighted by atomic mass is 9.98. The molecule has 4 aromatic rings. The number of ether oxygens (including phenoxy) is 2. The Kier molecular flexibility index (Phi) is 5.32. The molecular weight excluding hydrogens is 368 g/mol. The maximum atomic E-state index is 5.72. The van der Waals surface area contributed by atoms with Gasteiger partial charge in [-0.1, -0.05) is 91.0 Å². The first kappa shape index (κ1) is 18.7. The summed E-state index contributed by atoms with van der Waals surface area (Å²) in [5, 5.41) is 0. The molecule has 1 aliphatic rings. The van der Waals surface area contributed by atoms with Crippen molar-refractivity contribution < 1.29 is 9.47 Å². The maximum absolute atomic E-state index is 5.72. The van der Waals surface area contributed by atoms with Crippen LogP contribution in [0.5, 0.6) is 5.75 Å². The first-order valence-corrected chi connectivity index (χ1v) is 10.4. The molecule has 2 nitrogen and oxygen atoms in total. The molecule has 0 N–H and O–H groups in total. The summed E-state index contributed by atoms with van der Waals surface area (Å²) in [6, 6.07) is 36.5. The van der Waals surface area contributed by atoms with Gasteiger partial charge in [0.05, 0.1) is 6.61 Å². The Morgan fingerprint density at radius 1 is 0.600 bits per heavy atom. The van der Waals surface area contributed by atoms with Crippen LogP contribution in [-0.2, 0) is 11.2 Å². The molecule has 4 aromatic carbocycles. The van der Waals surface area contributed by atoms with Gasteiger partial charge in [0.2, 0.25) is 0 Å². The van der Waals surface area contributed by atoms with E-state index in [4.69, 9.17) is 9.47 Å². The van der Waals surface area contributed by atoms with E-state index in [1.807, 2.05) is 18.2 Å². The van der Waals surface area contributed by atoms with E-state index < -0.39 is 0 Å². The molecule has 0 amide bonds. The SMILES string of the molecule is c1ccc(-c2ccc(Cc3ccc(-c4ccc(OCC5CO5)cc4)cc3)cc2)cc1. The predicted molar refractivity (Wildman–Crippen MR) is 122 cm³/mol. The second-order valence-corrected chi connectivity index (χ2v) is 7.73. The zero-order valence-corrected chi connectivity index (χ0v) is 16.8. The zero-order chi connectivity index (χ0) is 20.2. The monoisotopic (exact) mass is 392 g/mol. The van der Waals surface area contributed by atoms with Crippen LogP contribution in [0.3, 0.4) is 0 Å². The largest absolute Gasteiger partial charge is 0.491 e. The molecule has 1 saturated heterocycles. The summed E-state index contributed by atoms with van der Waals surface area (Å²) in [6.45, 7) is 1.46. The van der Waals surface area contributed by atoms with Crippen LogP contribution in [0.2, 0.25) is 0 Å². The third-order valence-corrected chi connectivity index (χ3v) is 5.45. The third-order valence-electron chi connectivity index (χ3n) is 5.45. The van der Waals surface area contributed by atoms with Gasteiger partial charge in [-0.05, 0) is 51.9 Å². The number of benzene rings is 4. The summed E-state index contributed by atoms with van der Waals surface area (Å²) in [4.78, 5) is 0. The van der Waals surface area contributed by atoms with E-state index in [1.54, 1.807) is 0 Å². The van der Waals surface area contributed by atoms with Crippen molar-refractivity contribution in [3.05, 3.63) is 114 Å². The highest BCUT2D eigenvalue weighted by Crippen LogP contribution is 2.25. The summed E-state index contributed by atoms with van der Waals surface area (Å²) in [6.07, 6.45) is 1.22. The predicted octanol–water partition coefficient (Wildman–Crippen LogP) is 6.39. The summed E-state index contributed by atoms with van der Waals surface area (Å²) < 4.78 is 10.9. The van der Waals surface area contributed by atoms with Crippen molar-refractivity contribution in [2.24, 2.45) is 0 Å². The minimum Gasteiger partial charge on any atom is -0.491 e. The van der Waals surface area contributed by atoms with E-state index in [1.165, 1.54) is 33.4 Å². The van der Waals surface area contributed by atoms with Gasteiger partial charge in [-0.15, -0.1) is 0 Å². The summed E-state index contributed by atoms with van der Waals surface area (Å²) in [7, 11) is 0. The van der Waals surface area contributed by atoms with Gasteiger partial charge in [-0.2, -0.15) is 0 Å². The minimum absolute atomic E-state index is 0.284. The maximum Gasteiger partial charge on any atom is 0.119 e. The topological polar surface area (TPSA) is 21.8 Å². The molecule has 0 bridgehead atoms. The van der Waals surface area contributed by atoms with Crippen molar-refractivity contribution in [2.75, 3.05) is 13.2 Å². The average Bonchev–Trinajstić information content (AvgIpc) is 3.64. The van der Waals surface area contributed by atoms with Crippen molar-refractivity contribution in [2.45, 2.75) is 12.5 Å². The molecule has 1 unspecified atom stereocenters. The van der Waals surface area contributed by atoms with Crippen LogP contribution in [0.25, 0.3) is 22.3 Å². The van der Waals surface area contributed by atoms with Crippen LogP contribution in [0.4, 0.5) is 0 Å². The molecule has 30 heavy (non-hydrogen) atoms. The number of epoxide rings is 1. The summed E-state index contributed by atoms with van der Waals surface area (Å²) >= 11 is 0. The van der Waals surface area contributed by atoms with Crippen LogP contribution in [-0.4, -0.2) is 19.3 Å². The van der Waals surface area contributed by atoms with Gasteiger partial charge in [0, 0.05) is 0 Å². The number of rotatable bonds is 7. The van der Waals surface area contributed by atoms with E-state index in [9.17, 15) is 0 Å². The van der Waals surface area contributed by atoms with Crippen molar-refractivity contribution >= 4 is 0 Å². The highest BCUT2D eigenvalue weighted by Gasteiger charge is 2.22. The fourth-order valence-corrected chi connectivity index (χ4v) is 3.59. The quantitative estimate of drug-likeness (QED) is 0.340. The molecule has 0 aromatic heterocycles. The Balaban J connectivity index is 1.22. The van der Waals surface area contributed by atoms with Crippen molar-refractivity contribution in [1.29, 1.82) is 0 Å². The first-order chi connectivity index (χ1) is 14.8. The smallest absolute Gasteiger partial charge is 0.119 e. The molecule has 148 valence electrons. The van der Waals surface area contributed by atoms with Gasteiger partial charge in [0.25, 0.3) is 0 Å². The Morgan fingerprint density at radius 3 is 1.57 bits per heavy atom. The molecule has 1 heterocycles. The molecule has 1 atom stereocenters. The lowest BCUT2D eigenvalue weighted by Gasteiger charge is -2.08. The lowest BCUT2D eigenvalue weighted by Crippen LogP contribution is -2.03. The average molecular weight is 392 g/mol. The second kappa shape index (κ2) is 8.56. The molecule has 0 aliphatic carbocycles. The van der Waals surface area contributed by atoms with Crippen LogP contribution in [0.15, 0.2) is 103 Å². The van der Waals surface area contributed by atoms with E-state index in [2.05, 4.69) is 84.9 Å². The molecular formula is C28H24O2. The fraction of sp³-hybridized carbons (Fsp3) is 0.143. The standard InChI is InChI=1S/C28H24O2/c1-2-4-23(5-3-1)24-10-6-21(7-11-24)18-22-8-12-25(13-9-22)26-14-16-27(17-15-26)29-19-28-20-30-28/h1-17,28H,18-20H2. The Morgan fingerprint density at radius 2 is 1.07 bits per heavy atom. The fourth-order valence-electron chi connectivity index (χ4n) is 3.59. The normalized spacial score (nSPS) is 15.0. The van der Waals surface area contributed by atoms with Crippen LogP contribution < -0.4 is 4.74 Å². The van der Waals surface area contributed by atoms with Crippen molar-refractivity contribution in [3.63, 3.8) is 0 Å². The molecule has 0 radical (unpaired) electrons. The highest BCUT2D eigenvalue weighted by molar-refractivity contribution is 5.65. The minimum atomic E-state index is 0.284. The third kappa shape index (κ3) is 4.61. The Bertz CT molecular complexity index is 1080. The zero-order valence-electron chi connectivity index (χ0n) is 16.8. The van der Waals surface area contributed by atoms with E-state index in [0.29, 0.717) is 6.61 Å². The number of hydrogen-bond donors (Lipinski definition) is 0. The van der Waals surface area contributed by atoms with E-state index in [0.717, 1.165) is 18.8 Å². The number of hydrogen-bond acceptors (Lipinski definition) is 2. The molecule has 5 rings (SSSR count). The van der Waals surface area contributed by atoms with Gasteiger partial charge in [0.15, 0.2) is 0 Å². The van der Waals surface area contributed by atoms with Gasteiger partial charge in [0.1, 0.15) is 18.5 Å².